The van der Waals surface area contributed by atoms with E-state index in [1.807, 2.05) is 0 Å². The van der Waals surface area contributed by atoms with E-state index in [0.717, 1.165) is 25.4 Å². The van der Waals surface area contributed by atoms with Crippen LogP contribution in [0.1, 0.15) is 26.7 Å². The highest BCUT2D eigenvalue weighted by Crippen LogP contribution is 2.52. The summed E-state index contributed by atoms with van der Waals surface area (Å²) < 4.78 is 33.9. The van der Waals surface area contributed by atoms with E-state index < -0.39 is 11.6 Å². The molecule has 4 unspecified atom stereocenters. The van der Waals surface area contributed by atoms with Gasteiger partial charge in [-0.1, -0.05) is 19.9 Å². The highest BCUT2D eigenvalue weighted by atomic mass is 19.1. The van der Waals surface area contributed by atoms with Gasteiger partial charge in [-0.15, -0.1) is 0 Å². The van der Waals surface area contributed by atoms with Crippen LogP contribution in [-0.2, 0) is 4.74 Å². The predicted molar refractivity (Wildman–Crippen MR) is 102 cm³/mol. The number of benzene rings is 1. The van der Waals surface area contributed by atoms with Gasteiger partial charge in [0.2, 0.25) is 0 Å². The van der Waals surface area contributed by atoms with Crippen molar-refractivity contribution in [2.45, 2.75) is 44.9 Å². The van der Waals surface area contributed by atoms with Crippen molar-refractivity contribution < 1.29 is 13.5 Å². The number of fused-ring (bicyclic) bond motifs is 1. The molecule has 3 aliphatic rings. The first-order valence-electron chi connectivity index (χ1n) is 9.72. The summed E-state index contributed by atoms with van der Waals surface area (Å²) in [6, 6.07) is 4.41. The van der Waals surface area contributed by atoms with Crippen molar-refractivity contribution in [3.05, 3.63) is 29.8 Å². The second kappa shape index (κ2) is 6.93. The average Bonchev–Trinajstić information content (AvgIpc) is 3.26. The smallest absolute Gasteiger partial charge is 0.191 e. The van der Waals surface area contributed by atoms with Crippen LogP contribution in [0.15, 0.2) is 23.2 Å². The third-order valence-corrected chi connectivity index (χ3v) is 6.40. The molecule has 2 aliphatic heterocycles. The highest BCUT2D eigenvalue weighted by molar-refractivity contribution is 5.80. The van der Waals surface area contributed by atoms with Crippen LogP contribution >= 0.6 is 0 Å². The minimum Gasteiger partial charge on any atom is -0.377 e. The fourth-order valence-electron chi connectivity index (χ4n) is 5.00. The number of rotatable bonds is 3. The Bertz CT molecular complexity index is 718. The van der Waals surface area contributed by atoms with Crippen LogP contribution in [-0.4, -0.2) is 50.9 Å². The molecule has 5 nitrogen and oxygen atoms in total. The number of aliphatic imine (C=N–C) groups is 1. The molecule has 27 heavy (non-hydrogen) atoms. The molecule has 2 heterocycles. The molecule has 0 bridgehead atoms. The van der Waals surface area contributed by atoms with Crippen LogP contribution in [0.4, 0.5) is 14.5 Å². The number of halogens is 2. The lowest BCUT2D eigenvalue weighted by molar-refractivity contribution is -0.106. The standard InChI is InChI=1S/C20H28F2N4O/c1-20(2)17(13-8-10-27-18(13)20)25-19(23-3)24-12-7-9-26(11-12)16-14(21)5-4-6-15(16)22/h4-6,12-13,17-18H,7-11H2,1-3H3,(H2,23,24,25). The van der Waals surface area contributed by atoms with Crippen LogP contribution in [0.25, 0.3) is 0 Å². The minimum absolute atomic E-state index is 0.0656. The fourth-order valence-corrected chi connectivity index (χ4v) is 5.00. The van der Waals surface area contributed by atoms with E-state index in [1.165, 1.54) is 18.2 Å². The summed E-state index contributed by atoms with van der Waals surface area (Å²) in [5.41, 5.74) is 0.132. The van der Waals surface area contributed by atoms with E-state index in [2.05, 4.69) is 29.5 Å². The number of anilines is 1. The lowest BCUT2D eigenvalue weighted by Crippen LogP contribution is -2.68. The van der Waals surface area contributed by atoms with E-state index in [4.69, 9.17) is 4.74 Å². The first kappa shape index (κ1) is 18.5. The average molecular weight is 378 g/mol. The van der Waals surface area contributed by atoms with Gasteiger partial charge in [-0.2, -0.15) is 0 Å². The van der Waals surface area contributed by atoms with Gasteiger partial charge >= 0.3 is 0 Å². The lowest BCUT2D eigenvalue weighted by Gasteiger charge is -2.55. The molecule has 0 radical (unpaired) electrons. The van der Waals surface area contributed by atoms with Crippen molar-refractivity contribution >= 4 is 11.6 Å². The van der Waals surface area contributed by atoms with Gasteiger partial charge in [-0.05, 0) is 25.0 Å². The Kier molecular flexibility index (Phi) is 4.74. The Hall–Kier alpha value is -1.89. The Morgan fingerprint density at radius 2 is 1.96 bits per heavy atom. The van der Waals surface area contributed by atoms with Gasteiger partial charge < -0.3 is 20.3 Å². The Morgan fingerprint density at radius 1 is 1.22 bits per heavy atom. The summed E-state index contributed by atoms with van der Waals surface area (Å²) in [4.78, 5) is 6.14. The van der Waals surface area contributed by atoms with Gasteiger partial charge in [-0.25, -0.2) is 8.78 Å². The predicted octanol–water partition coefficient (Wildman–Crippen LogP) is 2.52. The zero-order chi connectivity index (χ0) is 19.2. The number of hydrogen-bond donors (Lipinski definition) is 2. The molecule has 3 fully saturated rings. The molecule has 4 rings (SSSR count). The molecule has 7 heteroatoms. The summed E-state index contributed by atoms with van der Waals surface area (Å²) in [7, 11) is 1.76. The van der Waals surface area contributed by atoms with Crippen molar-refractivity contribution in [3.8, 4) is 0 Å². The number of nitrogens with one attached hydrogen (secondary N) is 2. The number of hydrogen-bond acceptors (Lipinski definition) is 3. The topological polar surface area (TPSA) is 48.9 Å². The van der Waals surface area contributed by atoms with Gasteiger partial charge in [0, 0.05) is 50.2 Å². The van der Waals surface area contributed by atoms with Crippen molar-refractivity contribution in [1.29, 1.82) is 0 Å². The molecule has 4 atom stereocenters. The van der Waals surface area contributed by atoms with Crippen LogP contribution in [0.5, 0.6) is 0 Å². The summed E-state index contributed by atoms with van der Waals surface area (Å²) in [5, 5.41) is 6.99. The molecule has 2 saturated heterocycles. The molecular weight excluding hydrogens is 350 g/mol. The second-order valence-electron chi connectivity index (χ2n) is 8.41. The van der Waals surface area contributed by atoms with Crippen molar-refractivity contribution in [2.24, 2.45) is 16.3 Å². The van der Waals surface area contributed by atoms with E-state index in [1.54, 1.807) is 11.9 Å². The number of nitrogens with zero attached hydrogens (tertiary/aromatic N) is 2. The lowest BCUT2D eigenvalue weighted by atomic mass is 9.57. The monoisotopic (exact) mass is 378 g/mol. The molecule has 1 aromatic carbocycles. The number of ether oxygens (including phenoxy) is 1. The van der Waals surface area contributed by atoms with E-state index in [-0.39, 0.29) is 17.1 Å². The van der Waals surface area contributed by atoms with Crippen molar-refractivity contribution in [1.82, 2.24) is 10.6 Å². The molecule has 1 aliphatic carbocycles. The van der Waals surface area contributed by atoms with E-state index >= 15 is 0 Å². The van der Waals surface area contributed by atoms with Gasteiger partial charge in [0.1, 0.15) is 17.3 Å². The Balaban J connectivity index is 1.38. The maximum atomic E-state index is 14.0. The summed E-state index contributed by atoms with van der Waals surface area (Å²) in [6.45, 7) is 6.43. The normalized spacial score (nSPS) is 32.2. The SMILES string of the molecule is CN=C(NC1CCN(c2c(F)cccc2F)C1)NC1C2CCOC2C1(C)C. The minimum atomic E-state index is -0.512. The Morgan fingerprint density at radius 3 is 2.67 bits per heavy atom. The molecule has 1 saturated carbocycles. The number of guanidine groups is 1. The van der Waals surface area contributed by atoms with Gasteiger partial charge in [0.05, 0.1) is 6.10 Å². The van der Waals surface area contributed by atoms with Gasteiger partial charge in [0.15, 0.2) is 5.96 Å². The quantitative estimate of drug-likeness (QED) is 0.627. The highest BCUT2D eigenvalue weighted by Gasteiger charge is 2.59. The van der Waals surface area contributed by atoms with Gasteiger partial charge in [-0.3, -0.25) is 4.99 Å². The maximum Gasteiger partial charge on any atom is 0.191 e. The zero-order valence-corrected chi connectivity index (χ0v) is 16.1. The Labute approximate surface area is 159 Å². The first-order valence-corrected chi connectivity index (χ1v) is 9.72. The second-order valence-corrected chi connectivity index (χ2v) is 8.41. The molecule has 0 aromatic heterocycles. The van der Waals surface area contributed by atoms with Crippen molar-refractivity contribution in [2.75, 3.05) is 31.6 Å². The third kappa shape index (κ3) is 3.16. The fraction of sp³-hybridized carbons (Fsp3) is 0.650. The molecule has 2 N–H and O–H groups in total. The summed E-state index contributed by atoms with van der Waals surface area (Å²) >= 11 is 0. The van der Waals surface area contributed by atoms with Crippen LogP contribution in [0.2, 0.25) is 0 Å². The number of para-hydroxylation sites is 1. The van der Waals surface area contributed by atoms with E-state index in [9.17, 15) is 8.78 Å². The summed E-state index contributed by atoms with van der Waals surface area (Å²) in [5.74, 6) is 0.244. The largest absolute Gasteiger partial charge is 0.377 e. The van der Waals surface area contributed by atoms with Crippen molar-refractivity contribution in [3.63, 3.8) is 0 Å². The first-order chi connectivity index (χ1) is 12.9. The third-order valence-electron chi connectivity index (χ3n) is 6.40. The summed E-state index contributed by atoms with van der Waals surface area (Å²) in [6.07, 6.45) is 2.20. The van der Waals surface area contributed by atoms with Crippen LogP contribution < -0.4 is 15.5 Å². The van der Waals surface area contributed by atoms with Crippen LogP contribution in [0, 0.1) is 23.0 Å². The maximum absolute atomic E-state index is 14.0. The molecule has 0 spiro atoms. The molecule has 1 aromatic rings. The molecular formula is C20H28F2N4O. The zero-order valence-electron chi connectivity index (χ0n) is 16.1. The van der Waals surface area contributed by atoms with Crippen LogP contribution in [0.3, 0.4) is 0 Å². The molecule has 0 amide bonds. The molecule has 148 valence electrons. The van der Waals surface area contributed by atoms with Gasteiger partial charge in [0.25, 0.3) is 0 Å². The van der Waals surface area contributed by atoms with E-state index in [0.29, 0.717) is 31.2 Å².